The smallest absolute Gasteiger partial charge is 0.185 e. The topological polar surface area (TPSA) is 28.2 Å². The highest BCUT2D eigenvalue weighted by molar-refractivity contribution is 7.13. The van der Waals surface area contributed by atoms with Crippen molar-refractivity contribution in [2.24, 2.45) is 0 Å². The predicted molar refractivity (Wildman–Crippen MR) is 72.4 cm³/mol. The molecule has 3 nitrogen and oxygen atoms in total. The second-order valence-electron chi connectivity index (χ2n) is 4.35. The first kappa shape index (κ1) is 13.5. The van der Waals surface area contributed by atoms with E-state index in [0.717, 1.165) is 23.8 Å². The lowest BCUT2D eigenvalue weighted by atomic mass is 10.3. The summed E-state index contributed by atoms with van der Waals surface area (Å²) in [6.45, 7) is 9.87. The fraction of sp³-hybridized carbons (Fsp3) is 0.750. The van der Waals surface area contributed by atoms with Crippen LogP contribution >= 0.6 is 11.3 Å². The van der Waals surface area contributed by atoms with Gasteiger partial charge in [-0.05, 0) is 34.2 Å². The summed E-state index contributed by atoms with van der Waals surface area (Å²) < 4.78 is 0. The maximum atomic E-state index is 4.70. The van der Waals surface area contributed by atoms with Gasteiger partial charge in [0.1, 0.15) is 0 Å². The molecule has 0 aromatic carbocycles. The molecule has 92 valence electrons. The minimum absolute atomic E-state index is 0.334. The van der Waals surface area contributed by atoms with Gasteiger partial charge in [-0.15, -0.1) is 11.3 Å². The molecule has 0 aliphatic heterocycles. The molecule has 16 heavy (non-hydrogen) atoms. The molecule has 1 rings (SSSR count). The summed E-state index contributed by atoms with van der Waals surface area (Å²) in [6, 6.07) is 0.851. The molecular formula is C12H23N3S. The minimum Gasteiger partial charge on any atom is -0.346 e. The Labute approximate surface area is 103 Å². The zero-order chi connectivity index (χ0) is 12.1. The summed E-state index contributed by atoms with van der Waals surface area (Å²) >= 11 is 1.74. The fourth-order valence-corrected chi connectivity index (χ4v) is 2.65. The number of hydrogen-bond donors (Lipinski definition) is 1. The molecule has 0 bridgehead atoms. The Kier molecular flexibility index (Phi) is 5.22. The largest absolute Gasteiger partial charge is 0.346 e. The summed E-state index contributed by atoms with van der Waals surface area (Å²) in [5.74, 6) is 0. The van der Waals surface area contributed by atoms with E-state index in [1.165, 1.54) is 0 Å². The summed E-state index contributed by atoms with van der Waals surface area (Å²) in [6.07, 6.45) is 1.16. The molecule has 1 unspecified atom stereocenters. The minimum atomic E-state index is 0.334. The van der Waals surface area contributed by atoms with Crippen molar-refractivity contribution in [2.75, 3.05) is 18.5 Å². The van der Waals surface area contributed by atoms with Crippen LogP contribution in [0.1, 0.15) is 45.9 Å². The monoisotopic (exact) mass is 241 g/mol. The van der Waals surface area contributed by atoms with E-state index in [1.54, 1.807) is 11.3 Å². The number of hydrogen-bond acceptors (Lipinski definition) is 4. The predicted octanol–water partition coefficient (Wildman–Crippen LogP) is 3.05. The molecule has 1 atom stereocenters. The molecule has 1 aromatic heterocycles. The standard InChI is InChI=1S/C12H23N3S/c1-6-7-15(9(2)3)12-14-11(8-16-12)10(4)13-5/h8-10,13H,6-7H2,1-5H3. The van der Waals surface area contributed by atoms with Crippen LogP contribution in [0.5, 0.6) is 0 Å². The maximum absolute atomic E-state index is 4.70. The van der Waals surface area contributed by atoms with E-state index in [2.05, 4.69) is 43.3 Å². The van der Waals surface area contributed by atoms with Gasteiger partial charge in [0.2, 0.25) is 0 Å². The molecular weight excluding hydrogens is 218 g/mol. The molecule has 1 aromatic rings. The third-order valence-electron chi connectivity index (χ3n) is 2.72. The van der Waals surface area contributed by atoms with Crippen LogP contribution in [0.3, 0.4) is 0 Å². The number of aromatic nitrogens is 1. The first-order valence-corrected chi connectivity index (χ1v) is 6.87. The molecule has 1 heterocycles. The van der Waals surface area contributed by atoms with E-state index < -0.39 is 0 Å². The Morgan fingerprint density at radius 2 is 2.12 bits per heavy atom. The van der Waals surface area contributed by atoms with Crippen LogP contribution in [-0.2, 0) is 0 Å². The number of nitrogens with zero attached hydrogens (tertiary/aromatic N) is 2. The van der Waals surface area contributed by atoms with Crippen LogP contribution in [0.2, 0.25) is 0 Å². The number of anilines is 1. The van der Waals surface area contributed by atoms with Gasteiger partial charge in [-0.2, -0.15) is 0 Å². The van der Waals surface area contributed by atoms with E-state index in [4.69, 9.17) is 4.98 Å². The lowest BCUT2D eigenvalue weighted by Gasteiger charge is -2.25. The Balaban J connectivity index is 2.81. The van der Waals surface area contributed by atoms with Gasteiger partial charge in [-0.25, -0.2) is 4.98 Å². The van der Waals surface area contributed by atoms with Gasteiger partial charge in [-0.3, -0.25) is 0 Å². The normalized spacial score (nSPS) is 13.1. The maximum Gasteiger partial charge on any atom is 0.185 e. The molecule has 0 radical (unpaired) electrons. The zero-order valence-electron chi connectivity index (χ0n) is 10.9. The van der Waals surface area contributed by atoms with Crippen LogP contribution in [0, 0.1) is 0 Å². The second-order valence-corrected chi connectivity index (χ2v) is 5.19. The summed E-state index contributed by atoms with van der Waals surface area (Å²) in [5.41, 5.74) is 1.14. The van der Waals surface area contributed by atoms with Crippen LogP contribution in [0.4, 0.5) is 5.13 Å². The molecule has 0 saturated heterocycles. The van der Waals surface area contributed by atoms with Crippen LogP contribution in [-0.4, -0.2) is 24.6 Å². The quantitative estimate of drug-likeness (QED) is 0.829. The van der Waals surface area contributed by atoms with Crippen molar-refractivity contribution in [2.45, 2.75) is 46.2 Å². The van der Waals surface area contributed by atoms with Crippen molar-refractivity contribution in [3.63, 3.8) is 0 Å². The fourth-order valence-electron chi connectivity index (χ4n) is 1.57. The molecule has 0 amide bonds. The molecule has 0 aliphatic rings. The highest BCUT2D eigenvalue weighted by Crippen LogP contribution is 2.25. The van der Waals surface area contributed by atoms with Gasteiger partial charge in [0, 0.05) is 24.0 Å². The van der Waals surface area contributed by atoms with Crippen molar-refractivity contribution >= 4 is 16.5 Å². The van der Waals surface area contributed by atoms with Gasteiger partial charge < -0.3 is 10.2 Å². The lowest BCUT2D eigenvalue weighted by Crippen LogP contribution is -2.31. The second kappa shape index (κ2) is 6.21. The third kappa shape index (κ3) is 3.19. The van der Waals surface area contributed by atoms with E-state index >= 15 is 0 Å². The van der Waals surface area contributed by atoms with E-state index in [1.807, 2.05) is 7.05 Å². The zero-order valence-corrected chi connectivity index (χ0v) is 11.8. The molecule has 0 saturated carbocycles. The molecule has 4 heteroatoms. The van der Waals surface area contributed by atoms with Crippen molar-refractivity contribution in [1.82, 2.24) is 10.3 Å². The Morgan fingerprint density at radius 3 is 2.62 bits per heavy atom. The van der Waals surface area contributed by atoms with Crippen molar-refractivity contribution in [3.05, 3.63) is 11.1 Å². The van der Waals surface area contributed by atoms with Crippen molar-refractivity contribution < 1.29 is 0 Å². The van der Waals surface area contributed by atoms with Gasteiger partial charge >= 0.3 is 0 Å². The van der Waals surface area contributed by atoms with Crippen molar-refractivity contribution in [1.29, 1.82) is 0 Å². The molecule has 1 N–H and O–H groups in total. The number of nitrogens with one attached hydrogen (secondary N) is 1. The average Bonchev–Trinajstić information content (AvgIpc) is 2.73. The average molecular weight is 241 g/mol. The van der Waals surface area contributed by atoms with E-state index in [-0.39, 0.29) is 0 Å². The van der Waals surface area contributed by atoms with Gasteiger partial charge in [0.05, 0.1) is 5.69 Å². The number of thiazole rings is 1. The Hall–Kier alpha value is -0.610. The van der Waals surface area contributed by atoms with Crippen molar-refractivity contribution in [3.8, 4) is 0 Å². The van der Waals surface area contributed by atoms with Crippen LogP contribution in [0.15, 0.2) is 5.38 Å². The molecule has 0 fully saturated rings. The lowest BCUT2D eigenvalue weighted by molar-refractivity contribution is 0.629. The van der Waals surface area contributed by atoms with Gasteiger partial charge in [0.15, 0.2) is 5.13 Å². The van der Waals surface area contributed by atoms with E-state index in [0.29, 0.717) is 12.1 Å². The molecule has 0 aliphatic carbocycles. The highest BCUT2D eigenvalue weighted by atomic mass is 32.1. The summed E-state index contributed by atoms with van der Waals surface area (Å²) in [5, 5.41) is 6.52. The Morgan fingerprint density at radius 1 is 1.44 bits per heavy atom. The van der Waals surface area contributed by atoms with Gasteiger partial charge in [0.25, 0.3) is 0 Å². The summed E-state index contributed by atoms with van der Waals surface area (Å²) in [4.78, 5) is 7.07. The van der Waals surface area contributed by atoms with E-state index in [9.17, 15) is 0 Å². The third-order valence-corrected chi connectivity index (χ3v) is 3.62. The highest BCUT2D eigenvalue weighted by Gasteiger charge is 2.15. The van der Waals surface area contributed by atoms with Crippen LogP contribution < -0.4 is 10.2 Å². The van der Waals surface area contributed by atoms with Gasteiger partial charge in [-0.1, -0.05) is 6.92 Å². The van der Waals surface area contributed by atoms with Crippen LogP contribution in [0.25, 0.3) is 0 Å². The summed E-state index contributed by atoms with van der Waals surface area (Å²) in [7, 11) is 1.97. The Bertz CT molecular complexity index is 309. The first-order chi connectivity index (χ1) is 7.60. The SMILES string of the molecule is CCCN(c1nc(C(C)NC)cs1)C(C)C. The first-order valence-electron chi connectivity index (χ1n) is 5.99. The molecule has 0 spiro atoms. The number of rotatable bonds is 6.